The number of amides is 1. The first-order valence-corrected chi connectivity index (χ1v) is 9.12. The van der Waals surface area contributed by atoms with Crippen LogP contribution in [0.2, 0.25) is 0 Å². The molecule has 5 rings (SSSR count). The van der Waals surface area contributed by atoms with Gasteiger partial charge in [0, 0.05) is 22.7 Å². The summed E-state index contributed by atoms with van der Waals surface area (Å²) in [6.07, 6.45) is 1.79. The van der Waals surface area contributed by atoms with E-state index in [1.54, 1.807) is 23.0 Å². The highest BCUT2D eigenvalue weighted by Crippen LogP contribution is 2.22. The summed E-state index contributed by atoms with van der Waals surface area (Å²) in [7, 11) is 0. The molecule has 0 spiro atoms. The minimum absolute atomic E-state index is 0.453. The fraction of sp³-hybridized carbons (Fsp3) is 0.0455. The van der Waals surface area contributed by atoms with Gasteiger partial charge in [-0.15, -0.1) is 5.10 Å². The molecule has 0 saturated heterocycles. The molecule has 2 aromatic carbocycles. The first-order valence-electron chi connectivity index (χ1n) is 9.12. The van der Waals surface area contributed by atoms with Gasteiger partial charge in [0.1, 0.15) is 5.52 Å². The number of hydrogen-bond acceptors (Lipinski definition) is 5. The summed E-state index contributed by atoms with van der Waals surface area (Å²) >= 11 is 0. The Labute approximate surface area is 165 Å². The van der Waals surface area contributed by atoms with Crippen LogP contribution in [0.5, 0.6) is 0 Å². The minimum Gasteiger partial charge on any atom is -0.366 e. The third-order valence-corrected chi connectivity index (χ3v) is 4.86. The van der Waals surface area contributed by atoms with Gasteiger partial charge in [0.15, 0.2) is 5.65 Å². The normalized spacial score (nSPS) is 11.2. The molecule has 0 atom stereocenters. The van der Waals surface area contributed by atoms with Gasteiger partial charge in [-0.25, -0.2) is 9.67 Å². The topological polar surface area (TPSA) is 99.6 Å². The third kappa shape index (κ3) is 3.08. The SMILES string of the molecule is NC(=O)c1ccc(-c2ccc3nnn(Cc4cccc5cccnc45)c3n2)cc1. The number of rotatable bonds is 4. The Balaban J connectivity index is 1.55. The molecule has 0 aliphatic carbocycles. The Morgan fingerprint density at radius 1 is 0.966 bits per heavy atom. The van der Waals surface area contributed by atoms with Crippen LogP contribution in [0.25, 0.3) is 33.3 Å². The standard InChI is InChI=1S/C22H16N6O/c23-21(29)16-8-6-14(7-9-16)18-10-11-19-22(25-18)28(27-26-19)13-17-4-1-3-15-5-2-12-24-20(15)17/h1-12H,13H2,(H2,23,29). The fourth-order valence-electron chi connectivity index (χ4n) is 3.38. The van der Waals surface area contributed by atoms with Crippen molar-refractivity contribution >= 4 is 28.0 Å². The molecule has 0 aliphatic heterocycles. The number of benzene rings is 2. The first kappa shape index (κ1) is 17.0. The highest BCUT2D eigenvalue weighted by atomic mass is 16.1. The molecular weight excluding hydrogens is 364 g/mol. The average Bonchev–Trinajstić information content (AvgIpc) is 3.16. The molecule has 1 amide bonds. The molecule has 3 aromatic heterocycles. The van der Waals surface area contributed by atoms with E-state index < -0.39 is 5.91 Å². The van der Waals surface area contributed by atoms with E-state index in [0.717, 1.165) is 33.2 Å². The zero-order chi connectivity index (χ0) is 19.8. The van der Waals surface area contributed by atoms with Crippen molar-refractivity contribution in [2.45, 2.75) is 6.54 Å². The summed E-state index contributed by atoms with van der Waals surface area (Å²) < 4.78 is 1.78. The molecule has 2 N–H and O–H groups in total. The van der Waals surface area contributed by atoms with Crippen molar-refractivity contribution in [2.75, 3.05) is 0 Å². The van der Waals surface area contributed by atoms with E-state index in [1.165, 1.54) is 0 Å². The van der Waals surface area contributed by atoms with Gasteiger partial charge in [-0.05, 0) is 35.9 Å². The van der Waals surface area contributed by atoms with Gasteiger partial charge in [0.25, 0.3) is 0 Å². The molecule has 7 nitrogen and oxygen atoms in total. The molecule has 7 heteroatoms. The number of aromatic nitrogens is 5. The summed E-state index contributed by atoms with van der Waals surface area (Å²) in [4.78, 5) is 20.5. The summed E-state index contributed by atoms with van der Waals surface area (Å²) in [5.74, 6) is -0.453. The van der Waals surface area contributed by atoms with Crippen molar-refractivity contribution in [3.05, 3.63) is 84.1 Å². The van der Waals surface area contributed by atoms with E-state index >= 15 is 0 Å². The number of carbonyl (C=O) groups excluding carboxylic acids is 1. The number of hydrogen-bond donors (Lipinski definition) is 1. The Morgan fingerprint density at radius 2 is 1.79 bits per heavy atom. The molecular formula is C22H16N6O. The smallest absolute Gasteiger partial charge is 0.248 e. The highest BCUT2D eigenvalue weighted by Gasteiger charge is 2.11. The molecule has 0 fully saturated rings. The lowest BCUT2D eigenvalue weighted by Gasteiger charge is -2.07. The second-order valence-electron chi connectivity index (χ2n) is 6.72. The van der Waals surface area contributed by atoms with E-state index in [9.17, 15) is 4.79 Å². The van der Waals surface area contributed by atoms with Gasteiger partial charge in [-0.2, -0.15) is 0 Å². The van der Waals surface area contributed by atoms with Crippen molar-refractivity contribution in [2.24, 2.45) is 5.73 Å². The van der Waals surface area contributed by atoms with Crippen LogP contribution in [0.4, 0.5) is 0 Å². The van der Waals surface area contributed by atoms with Gasteiger partial charge < -0.3 is 5.73 Å². The number of fused-ring (bicyclic) bond motifs is 2. The molecule has 0 saturated carbocycles. The molecule has 3 heterocycles. The molecule has 0 radical (unpaired) electrons. The number of nitrogens with zero attached hydrogens (tertiary/aromatic N) is 5. The van der Waals surface area contributed by atoms with Gasteiger partial charge in [0.2, 0.25) is 5.91 Å². The van der Waals surface area contributed by atoms with E-state index in [4.69, 9.17) is 10.7 Å². The van der Waals surface area contributed by atoms with Crippen LogP contribution >= 0.6 is 0 Å². The quantitative estimate of drug-likeness (QED) is 0.516. The van der Waals surface area contributed by atoms with Crippen LogP contribution in [0, 0.1) is 0 Å². The van der Waals surface area contributed by atoms with Crippen LogP contribution in [0.15, 0.2) is 72.9 Å². The fourth-order valence-corrected chi connectivity index (χ4v) is 3.38. The van der Waals surface area contributed by atoms with Crippen molar-refractivity contribution in [3.8, 4) is 11.3 Å². The Kier molecular flexibility index (Phi) is 3.98. The molecule has 140 valence electrons. The van der Waals surface area contributed by atoms with Crippen LogP contribution in [0.1, 0.15) is 15.9 Å². The lowest BCUT2D eigenvalue weighted by Crippen LogP contribution is -2.10. The number of nitrogens with two attached hydrogens (primary N) is 1. The monoisotopic (exact) mass is 380 g/mol. The zero-order valence-corrected chi connectivity index (χ0v) is 15.4. The number of primary amides is 1. The lowest BCUT2D eigenvalue weighted by molar-refractivity contribution is 0.100. The zero-order valence-electron chi connectivity index (χ0n) is 15.4. The average molecular weight is 380 g/mol. The van der Waals surface area contributed by atoms with Crippen LogP contribution in [-0.2, 0) is 6.54 Å². The predicted octanol–water partition coefficient (Wildman–Crippen LogP) is 3.19. The highest BCUT2D eigenvalue weighted by molar-refractivity contribution is 5.93. The number of carbonyl (C=O) groups is 1. The summed E-state index contributed by atoms with van der Waals surface area (Å²) in [5.41, 5.74) is 10.8. The molecule has 0 bridgehead atoms. The second kappa shape index (κ2) is 6.79. The van der Waals surface area contributed by atoms with Gasteiger partial charge in [-0.1, -0.05) is 41.6 Å². The summed E-state index contributed by atoms with van der Waals surface area (Å²) in [6.45, 7) is 0.516. The van der Waals surface area contributed by atoms with Gasteiger partial charge >= 0.3 is 0 Å². The van der Waals surface area contributed by atoms with Crippen molar-refractivity contribution in [3.63, 3.8) is 0 Å². The first-order chi connectivity index (χ1) is 14.2. The Morgan fingerprint density at radius 3 is 2.62 bits per heavy atom. The van der Waals surface area contributed by atoms with Crippen LogP contribution < -0.4 is 5.73 Å². The largest absolute Gasteiger partial charge is 0.366 e. The second-order valence-corrected chi connectivity index (χ2v) is 6.72. The van der Waals surface area contributed by atoms with E-state index in [1.807, 2.05) is 54.6 Å². The number of pyridine rings is 2. The Hall–Kier alpha value is -4.13. The number of para-hydroxylation sites is 1. The maximum Gasteiger partial charge on any atom is 0.248 e. The van der Waals surface area contributed by atoms with E-state index in [-0.39, 0.29) is 0 Å². The molecule has 29 heavy (non-hydrogen) atoms. The third-order valence-electron chi connectivity index (χ3n) is 4.86. The van der Waals surface area contributed by atoms with Gasteiger partial charge in [-0.3, -0.25) is 9.78 Å². The minimum atomic E-state index is -0.453. The molecule has 5 aromatic rings. The van der Waals surface area contributed by atoms with Crippen LogP contribution in [0.3, 0.4) is 0 Å². The predicted molar refractivity (Wildman–Crippen MR) is 110 cm³/mol. The van der Waals surface area contributed by atoms with Gasteiger partial charge in [0.05, 0.1) is 17.8 Å². The van der Waals surface area contributed by atoms with Crippen molar-refractivity contribution in [1.82, 2.24) is 25.0 Å². The van der Waals surface area contributed by atoms with Crippen molar-refractivity contribution < 1.29 is 4.79 Å². The molecule has 0 aliphatic rings. The van der Waals surface area contributed by atoms with Crippen molar-refractivity contribution in [1.29, 1.82) is 0 Å². The lowest BCUT2D eigenvalue weighted by atomic mass is 10.1. The van der Waals surface area contributed by atoms with E-state index in [2.05, 4.69) is 15.3 Å². The summed E-state index contributed by atoms with van der Waals surface area (Å²) in [5, 5.41) is 9.60. The molecule has 0 unspecified atom stereocenters. The maximum atomic E-state index is 11.3. The maximum absolute atomic E-state index is 11.3. The Bertz CT molecular complexity index is 1350. The van der Waals surface area contributed by atoms with Crippen LogP contribution in [-0.4, -0.2) is 30.9 Å². The van der Waals surface area contributed by atoms with E-state index in [0.29, 0.717) is 17.8 Å². The summed E-state index contributed by atoms with van der Waals surface area (Å²) in [6, 6.07) is 20.9.